The fraction of sp³-hybridized carbons (Fsp3) is 0.500. The van der Waals surface area contributed by atoms with Gasteiger partial charge in [-0.25, -0.2) is 4.68 Å². The fourth-order valence-corrected chi connectivity index (χ4v) is 4.22. The van der Waals surface area contributed by atoms with Crippen LogP contribution in [-0.2, 0) is 0 Å². The minimum atomic E-state index is 0.697. The third-order valence-electron chi connectivity index (χ3n) is 4.65. The van der Waals surface area contributed by atoms with E-state index in [1.165, 1.54) is 18.6 Å². The molecule has 5 nitrogen and oxygen atoms in total. The molecular weight excluding hydrogens is 346 g/mol. The van der Waals surface area contributed by atoms with Crippen molar-refractivity contribution >= 4 is 17.0 Å². The second-order valence-corrected chi connectivity index (χ2v) is 7.46. The molecule has 26 heavy (non-hydrogen) atoms. The molecule has 1 saturated carbocycles. The third kappa shape index (κ3) is 4.01. The molecule has 3 rings (SSSR count). The average Bonchev–Trinajstić information content (AvgIpc) is 3.04. The Hall–Kier alpha value is -2.08. The van der Waals surface area contributed by atoms with Gasteiger partial charge in [-0.3, -0.25) is 4.99 Å². The zero-order valence-electron chi connectivity index (χ0n) is 16.0. The van der Waals surface area contributed by atoms with Gasteiger partial charge in [0.25, 0.3) is 0 Å². The van der Waals surface area contributed by atoms with Crippen LogP contribution < -0.4 is 14.3 Å². The lowest BCUT2D eigenvalue weighted by atomic mass is 9.89. The van der Waals surface area contributed by atoms with E-state index in [1.54, 1.807) is 25.6 Å². The first-order chi connectivity index (χ1) is 12.7. The van der Waals surface area contributed by atoms with Gasteiger partial charge in [-0.2, -0.15) is 5.10 Å². The number of thiazole rings is 1. The van der Waals surface area contributed by atoms with Crippen LogP contribution in [0.25, 0.3) is 11.3 Å². The van der Waals surface area contributed by atoms with Gasteiger partial charge in [0.05, 0.1) is 19.9 Å². The van der Waals surface area contributed by atoms with E-state index in [1.807, 2.05) is 29.8 Å². The molecule has 0 amide bonds. The first-order valence-electron chi connectivity index (χ1n) is 9.16. The second kappa shape index (κ2) is 8.54. The molecule has 1 aromatic heterocycles. The van der Waals surface area contributed by atoms with E-state index < -0.39 is 0 Å². The van der Waals surface area contributed by atoms with Crippen LogP contribution >= 0.6 is 11.3 Å². The maximum absolute atomic E-state index is 5.59. The zero-order valence-corrected chi connectivity index (χ0v) is 16.8. The van der Waals surface area contributed by atoms with Crippen molar-refractivity contribution in [3.63, 3.8) is 0 Å². The summed E-state index contributed by atoms with van der Waals surface area (Å²) in [6, 6.07) is 5.84. The van der Waals surface area contributed by atoms with Crippen LogP contribution in [0.15, 0.2) is 33.7 Å². The fourth-order valence-electron chi connectivity index (χ4n) is 3.33. The first kappa shape index (κ1) is 18.7. The largest absolute Gasteiger partial charge is 0.497 e. The van der Waals surface area contributed by atoms with E-state index in [2.05, 4.69) is 17.3 Å². The molecule has 0 radical (unpaired) electrons. The van der Waals surface area contributed by atoms with Gasteiger partial charge in [0, 0.05) is 23.2 Å². The number of nitrogens with zero attached hydrogens (tertiary/aromatic N) is 3. The topological polar surface area (TPSA) is 48.1 Å². The molecule has 0 bridgehead atoms. The van der Waals surface area contributed by atoms with Gasteiger partial charge in [-0.05, 0) is 56.7 Å². The van der Waals surface area contributed by atoms with Gasteiger partial charge in [0.1, 0.15) is 11.5 Å². The van der Waals surface area contributed by atoms with E-state index in [4.69, 9.17) is 14.6 Å². The van der Waals surface area contributed by atoms with Crippen LogP contribution in [0.3, 0.4) is 0 Å². The second-order valence-electron chi connectivity index (χ2n) is 6.62. The Labute approximate surface area is 159 Å². The molecule has 140 valence electrons. The Kier molecular flexibility index (Phi) is 6.14. The minimum Gasteiger partial charge on any atom is -0.497 e. The summed E-state index contributed by atoms with van der Waals surface area (Å²) >= 11 is 1.61. The molecule has 1 aliphatic rings. The highest BCUT2D eigenvalue weighted by atomic mass is 32.1. The maximum atomic E-state index is 5.59. The number of benzene rings is 1. The van der Waals surface area contributed by atoms with E-state index in [9.17, 15) is 0 Å². The van der Waals surface area contributed by atoms with Gasteiger partial charge >= 0.3 is 0 Å². The van der Waals surface area contributed by atoms with Crippen molar-refractivity contribution in [2.24, 2.45) is 16.0 Å². The SMILES string of the molecule is CCN=c1scc(-c2cc(OC)ccc2OC)n1N=C1CCCC(C)C1. The van der Waals surface area contributed by atoms with Gasteiger partial charge in [0.15, 0.2) is 0 Å². The highest BCUT2D eigenvalue weighted by Gasteiger charge is 2.17. The van der Waals surface area contributed by atoms with Gasteiger partial charge < -0.3 is 9.47 Å². The first-order valence-corrected chi connectivity index (χ1v) is 10.0. The van der Waals surface area contributed by atoms with Gasteiger partial charge in [-0.1, -0.05) is 6.92 Å². The Balaban J connectivity index is 2.15. The number of hydrogen-bond acceptors (Lipinski definition) is 5. The lowest BCUT2D eigenvalue weighted by Crippen LogP contribution is -2.19. The summed E-state index contributed by atoms with van der Waals surface area (Å²) in [7, 11) is 3.36. The number of aromatic nitrogens is 1. The molecule has 1 aliphatic carbocycles. The summed E-state index contributed by atoms with van der Waals surface area (Å²) in [6.45, 7) is 5.08. The third-order valence-corrected chi connectivity index (χ3v) is 5.50. The molecule has 2 aromatic rings. The molecule has 0 aliphatic heterocycles. The lowest BCUT2D eigenvalue weighted by Gasteiger charge is -2.19. The Morgan fingerprint density at radius 3 is 2.81 bits per heavy atom. The summed E-state index contributed by atoms with van der Waals surface area (Å²) in [5.41, 5.74) is 3.21. The number of hydrogen-bond donors (Lipinski definition) is 0. The number of methoxy groups -OCH3 is 2. The van der Waals surface area contributed by atoms with Crippen LogP contribution in [0.4, 0.5) is 0 Å². The molecule has 0 spiro atoms. The monoisotopic (exact) mass is 373 g/mol. The normalized spacial score (nSPS) is 19.8. The summed E-state index contributed by atoms with van der Waals surface area (Å²) in [6.07, 6.45) is 4.62. The zero-order chi connectivity index (χ0) is 18.5. The summed E-state index contributed by atoms with van der Waals surface area (Å²) in [5.74, 6) is 2.30. The highest BCUT2D eigenvalue weighted by Crippen LogP contribution is 2.34. The quantitative estimate of drug-likeness (QED) is 0.771. The average molecular weight is 374 g/mol. The van der Waals surface area contributed by atoms with Crippen LogP contribution in [-0.4, -0.2) is 31.2 Å². The predicted molar refractivity (Wildman–Crippen MR) is 107 cm³/mol. The van der Waals surface area contributed by atoms with Crippen LogP contribution in [0.2, 0.25) is 0 Å². The Morgan fingerprint density at radius 2 is 2.12 bits per heavy atom. The Bertz CT molecular complexity index is 851. The van der Waals surface area contributed by atoms with Crippen molar-refractivity contribution in [2.45, 2.75) is 39.5 Å². The molecule has 0 saturated heterocycles. The number of ether oxygens (including phenoxy) is 2. The summed E-state index contributed by atoms with van der Waals surface area (Å²) in [4.78, 5) is 5.55. The molecule has 0 N–H and O–H groups in total. The molecule has 1 atom stereocenters. The van der Waals surface area contributed by atoms with Crippen molar-refractivity contribution in [1.82, 2.24) is 4.68 Å². The van der Waals surface area contributed by atoms with Crippen molar-refractivity contribution in [3.8, 4) is 22.8 Å². The molecular formula is C20H27N3O2S. The summed E-state index contributed by atoms with van der Waals surface area (Å²) < 4.78 is 13.0. The van der Waals surface area contributed by atoms with E-state index in [0.717, 1.165) is 46.9 Å². The van der Waals surface area contributed by atoms with Crippen LogP contribution in [0.5, 0.6) is 11.5 Å². The lowest BCUT2D eigenvalue weighted by molar-refractivity contribution is 0.404. The Morgan fingerprint density at radius 1 is 1.27 bits per heavy atom. The molecule has 1 heterocycles. The molecule has 6 heteroatoms. The van der Waals surface area contributed by atoms with Crippen LogP contribution in [0, 0.1) is 5.92 Å². The van der Waals surface area contributed by atoms with E-state index in [0.29, 0.717) is 5.92 Å². The van der Waals surface area contributed by atoms with Crippen molar-refractivity contribution in [2.75, 3.05) is 20.8 Å². The van der Waals surface area contributed by atoms with E-state index >= 15 is 0 Å². The van der Waals surface area contributed by atoms with Crippen molar-refractivity contribution in [1.29, 1.82) is 0 Å². The van der Waals surface area contributed by atoms with Crippen molar-refractivity contribution in [3.05, 3.63) is 28.4 Å². The molecule has 1 fully saturated rings. The van der Waals surface area contributed by atoms with Crippen molar-refractivity contribution < 1.29 is 9.47 Å². The minimum absolute atomic E-state index is 0.697. The predicted octanol–water partition coefficient (Wildman–Crippen LogP) is 4.57. The maximum Gasteiger partial charge on any atom is 0.206 e. The van der Waals surface area contributed by atoms with Gasteiger partial charge in [-0.15, -0.1) is 11.3 Å². The smallest absolute Gasteiger partial charge is 0.206 e. The van der Waals surface area contributed by atoms with Crippen LogP contribution in [0.1, 0.15) is 39.5 Å². The summed E-state index contributed by atoms with van der Waals surface area (Å²) in [5, 5.41) is 7.11. The molecule has 1 unspecified atom stereocenters. The molecule has 1 aromatic carbocycles. The standard InChI is InChI=1S/C20H27N3O2S/c1-5-21-20-23(22-15-8-6-7-14(2)11-15)18(13-26-20)17-12-16(24-3)9-10-19(17)25-4/h9-10,12-14H,5-8,11H2,1-4H3. The van der Waals surface area contributed by atoms with E-state index in [-0.39, 0.29) is 0 Å². The number of rotatable bonds is 5. The van der Waals surface area contributed by atoms with Gasteiger partial charge in [0.2, 0.25) is 4.80 Å². The highest BCUT2D eigenvalue weighted by molar-refractivity contribution is 7.07.